The maximum absolute atomic E-state index is 11.7. The van der Waals surface area contributed by atoms with Gasteiger partial charge in [-0.15, -0.1) is 0 Å². The first-order valence-electron chi connectivity index (χ1n) is 7.84. The fourth-order valence-electron chi connectivity index (χ4n) is 2.29. The Morgan fingerprint density at radius 2 is 1.96 bits per heavy atom. The molecule has 2 rings (SSSR count). The molecule has 0 heterocycles. The van der Waals surface area contributed by atoms with Crippen molar-refractivity contribution >= 4 is 34.2 Å². The molecular weight excluding hydrogens is 401 g/mol. The van der Waals surface area contributed by atoms with Gasteiger partial charge in [0, 0.05) is 21.2 Å². The van der Waals surface area contributed by atoms with Gasteiger partial charge in [-0.25, -0.2) is 0 Å². The Balaban J connectivity index is 2.16. The Bertz CT molecular complexity index is 698. The lowest BCUT2D eigenvalue weighted by atomic mass is 10.1. The lowest BCUT2D eigenvalue weighted by molar-refractivity contribution is -0.115. The molecule has 1 N–H and O–H groups in total. The van der Waals surface area contributed by atoms with E-state index in [1.165, 1.54) is 5.56 Å². The van der Waals surface area contributed by atoms with Gasteiger partial charge in [0.2, 0.25) is 5.91 Å². The summed E-state index contributed by atoms with van der Waals surface area (Å²) in [5.41, 5.74) is 4.24. The summed E-state index contributed by atoms with van der Waals surface area (Å²) in [7, 11) is 0. The molecule has 0 saturated carbocycles. The highest BCUT2D eigenvalue weighted by molar-refractivity contribution is 14.1. The molecule has 0 atom stereocenters. The summed E-state index contributed by atoms with van der Waals surface area (Å²) in [4.78, 5) is 11.7. The number of benzene rings is 2. The van der Waals surface area contributed by atoms with Crippen LogP contribution in [0.1, 0.15) is 37.0 Å². The number of carbonyl (C=O) groups is 1. The first-order valence-corrected chi connectivity index (χ1v) is 8.92. The molecule has 4 heteroatoms. The molecule has 0 fully saturated rings. The summed E-state index contributed by atoms with van der Waals surface area (Å²) >= 11 is 2.27. The monoisotopic (exact) mass is 423 g/mol. The SMILES string of the molecule is CCC(=O)Nc1ccc(I)cc1COc1ccc(CC)cc1C. The van der Waals surface area contributed by atoms with Crippen LogP contribution >= 0.6 is 22.6 Å². The van der Waals surface area contributed by atoms with Crippen LogP contribution < -0.4 is 10.1 Å². The summed E-state index contributed by atoms with van der Waals surface area (Å²) in [6.45, 7) is 6.48. The molecule has 2 aromatic carbocycles. The van der Waals surface area contributed by atoms with Crippen molar-refractivity contribution in [3.05, 3.63) is 56.7 Å². The number of aryl methyl sites for hydroxylation is 2. The highest BCUT2D eigenvalue weighted by atomic mass is 127. The fraction of sp³-hybridized carbons (Fsp3) is 0.316. The van der Waals surface area contributed by atoms with Crippen molar-refractivity contribution in [2.45, 2.75) is 40.2 Å². The molecule has 0 saturated heterocycles. The van der Waals surface area contributed by atoms with E-state index in [0.29, 0.717) is 13.0 Å². The van der Waals surface area contributed by atoms with Crippen LogP contribution in [0, 0.1) is 10.5 Å². The van der Waals surface area contributed by atoms with E-state index in [2.05, 4.69) is 53.9 Å². The van der Waals surface area contributed by atoms with E-state index in [1.54, 1.807) is 0 Å². The second-order valence-corrected chi connectivity index (χ2v) is 6.69. The first-order chi connectivity index (χ1) is 11.0. The Hall–Kier alpha value is -1.56. The fourth-order valence-corrected chi connectivity index (χ4v) is 2.85. The van der Waals surface area contributed by atoms with Crippen LogP contribution in [-0.4, -0.2) is 5.91 Å². The van der Waals surface area contributed by atoms with Crippen LogP contribution in [0.5, 0.6) is 5.75 Å². The number of rotatable bonds is 6. The van der Waals surface area contributed by atoms with Crippen molar-refractivity contribution in [2.24, 2.45) is 0 Å². The van der Waals surface area contributed by atoms with Crippen molar-refractivity contribution in [3.8, 4) is 5.75 Å². The van der Waals surface area contributed by atoms with Crippen LogP contribution in [0.25, 0.3) is 0 Å². The molecule has 0 aliphatic carbocycles. The molecule has 122 valence electrons. The Labute approximate surface area is 151 Å². The molecule has 1 amide bonds. The topological polar surface area (TPSA) is 38.3 Å². The largest absolute Gasteiger partial charge is 0.489 e. The van der Waals surface area contributed by atoms with Gasteiger partial charge in [0.15, 0.2) is 0 Å². The van der Waals surface area contributed by atoms with Gasteiger partial charge in [-0.1, -0.05) is 26.0 Å². The number of halogens is 1. The van der Waals surface area contributed by atoms with Gasteiger partial charge in [-0.3, -0.25) is 4.79 Å². The number of ether oxygens (including phenoxy) is 1. The highest BCUT2D eigenvalue weighted by Gasteiger charge is 2.08. The molecule has 0 radical (unpaired) electrons. The van der Waals surface area contributed by atoms with E-state index in [1.807, 2.05) is 31.2 Å². The summed E-state index contributed by atoms with van der Waals surface area (Å²) in [5.74, 6) is 0.893. The smallest absolute Gasteiger partial charge is 0.224 e. The Kier molecular flexibility index (Phi) is 6.45. The van der Waals surface area contributed by atoms with E-state index in [4.69, 9.17) is 4.74 Å². The minimum atomic E-state index is 0.0101. The van der Waals surface area contributed by atoms with E-state index in [9.17, 15) is 4.79 Å². The molecule has 0 unspecified atom stereocenters. The van der Waals surface area contributed by atoms with Gasteiger partial charge in [0.1, 0.15) is 12.4 Å². The van der Waals surface area contributed by atoms with Crippen LogP contribution in [0.15, 0.2) is 36.4 Å². The van der Waals surface area contributed by atoms with Crippen molar-refractivity contribution in [3.63, 3.8) is 0 Å². The number of nitrogens with one attached hydrogen (secondary N) is 1. The molecule has 2 aromatic rings. The summed E-state index contributed by atoms with van der Waals surface area (Å²) in [5, 5.41) is 2.93. The van der Waals surface area contributed by atoms with Crippen molar-refractivity contribution < 1.29 is 9.53 Å². The molecule has 23 heavy (non-hydrogen) atoms. The molecule has 0 bridgehead atoms. The zero-order valence-corrected chi connectivity index (χ0v) is 15.9. The number of carbonyl (C=O) groups excluding carboxylic acids is 1. The van der Waals surface area contributed by atoms with Crippen molar-refractivity contribution in [2.75, 3.05) is 5.32 Å². The molecule has 0 spiro atoms. The minimum absolute atomic E-state index is 0.0101. The normalized spacial score (nSPS) is 10.4. The lowest BCUT2D eigenvalue weighted by Gasteiger charge is -2.14. The van der Waals surface area contributed by atoms with Gasteiger partial charge in [-0.05, 0) is 71.3 Å². The number of hydrogen-bond donors (Lipinski definition) is 1. The van der Waals surface area contributed by atoms with E-state index < -0.39 is 0 Å². The standard InChI is InChI=1S/C19H22INO2/c1-4-14-6-9-18(13(3)10-14)23-12-15-11-16(20)7-8-17(15)21-19(22)5-2/h6-11H,4-5,12H2,1-3H3,(H,21,22). The molecule has 0 aliphatic heterocycles. The predicted molar refractivity (Wildman–Crippen MR) is 103 cm³/mol. The zero-order chi connectivity index (χ0) is 16.8. The second-order valence-electron chi connectivity index (χ2n) is 5.45. The van der Waals surface area contributed by atoms with Crippen LogP contribution in [0.3, 0.4) is 0 Å². The van der Waals surface area contributed by atoms with Crippen LogP contribution in [0.4, 0.5) is 5.69 Å². The predicted octanol–water partition coefficient (Wildman–Crippen LogP) is 5.09. The zero-order valence-electron chi connectivity index (χ0n) is 13.8. The van der Waals surface area contributed by atoms with Crippen molar-refractivity contribution in [1.29, 1.82) is 0 Å². The molecule has 0 aromatic heterocycles. The highest BCUT2D eigenvalue weighted by Crippen LogP contribution is 2.24. The van der Waals surface area contributed by atoms with Crippen molar-refractivity contribution in [1.82, 2.24) is 0 Å². The third kappa shape index (κ3) is 4.96. The third-order valence-corrected chi connectivity index (χ3v) is 4.36. The number of amides is 1. The summed E-state index contributed by atoms with van der Waals surface area (Å²) < 4.78 is 7.10. The quantitative estimate of drug-likeness (QED) is 0.658. The molecular formula is C19H22INO2. The maximum Gasteiger partial charge on any atom is 0.224 e. The van der Waals surface area contributed by atoms with Crippen LogP contribution in [0.2, 0.25) is 0 Å². The number of anilines is 1. The Morgan fingerprint density at radius 1 is 1.17 bits per heavy atom. The first kappa shape index (κ1) is 17.8. The summed E-state index contributed by atoms with van der Waals surface area (Å²) in [6, 6.07) is 12.2. The molecule has 3 nitrogen and oxygen atoms in total. The third-order valence-electron chi connectivity index (χ3n) is 3.69. The maximum atomic E-state index is 11.7. The second kappa shape index (κ2) is 8.34. The molecule has 0 aliphatic rings. The van der Waals surface area contributed by atoms with Gasteiger partial charge in [0.05, 0.1) is 0 Å². The average molecular weight is 423 g/mol. The summed E-state index contributed by atoms with van der Waals surface area (Å²) in [6.07, 6.45) is 1.48. The van der Waals surface area contributed by atoms with Gasteiger partial charge in [-0.2, -0.15) is 0 Å². The minimum Gasteiger partial charge on any atom is -0.489 e. The average Bonchev–Trinajstić information content (AvgIpc) is 2.55. The van der Waals surface area contributed by atoms with Crippen LogP contribution in [-0.2, 0) is 17.8 Å². The van der Waals surface area contributed by atoms with Gasteiger partial charge >= 0.3 is 0 Å². The van der Waals surface area contributed by atoms with E-state index >= 15 is 0 Å². The number of hydrogen-bond acceptors (Lipinski definition) is 2. The van der Waals surface area contributed by atoms with E-state index in [0.717, 1.165) is 32.6 Å². The lowest BCUT2D eigenvalue weighted by Crippen LogP contribution is -2.12. The van der Waals surface area contributed by atoms with E-state index in [-0.39, 0.29) is 5.91 Å². The van der Waals surface area contributed by atoms with Gasteiger partial charge < -0.3 is 10.1 Å². The van der Waals surface area contributed by atoms with Gasteiger partial charge in [0.25, 0.3) is 0 Å². The Morgan fingerprint density at radius 3 is 2.61 bits per heavy atom.